The number of terminal acetylenes is 1. The van der Waals surface area contributed by atoms with Gasteiger partial charge in [-0.1, -0.05) is 30.2 Å². The predicted molar refractivity (Wildman–Crippen MR) is 115 cm³/mol. The molecule has 1 amide bonds. The third kappa shape index (κ3) is 5.04. The van der Waals surface area contributed by atoms with Gasteiger partial charge >= 0.3 is 0 Å². The van der Waals surface area contributed by atoms with E-state index < -0.39 is 0 Å². The molecule has 1 fully saturated rings. The number of hydrogen-bond donors (Lipinski definition) is 2. The van der Waals surface area contributed by atoms with Crippen LogP contribution in [0, 0.1) is 12.3 Å². The Kier molecular flexibility index (Phi) is 6.53. The van der Waals surface area contributed by atoms with Gasteiger partial charge in [0.1, 0.15) is 0 Å². The third-order valence-corrected chi connectivity index (χ3v) is 4.63. The van der Waals surface area contributed by atoms with Crippen LogP contribution in [-0.2, 0) is 4.79 Å². The molecule has 0 unspecified atom stereocenters. The number of carbonyl (C=O) groups excluding carboxylic acids is 1. The van der Waals surface area contributed by atoms with Gasteiger partial charge in [-0.2, -0.15) is 0 Å². The number of amides is 1. The first-order valence-electron chi connectivity index (χ1n) is 9.31. The fourth-order valence-corrected chi connectivity index (χ4v) is 3.20. The number of nitrogens with one attached hydrogen (secondary N) is 2. The first kappa shape index (κ1) is 19.3. The summed E-state index contributed by atoms with van der Waals surface area (Å²) in [5.41, 5.74) is 2.66. The molecular weight excluding hydrogens is 350 g/mol. The monoisotopic (exact) mass is 375 g/mol. The number of hydrogen-bond acceptors (Lipinski definition) is 3. The van der Waals surface area contributed by atoms with Gasteiger partial charge in [0, 0.05) is 50.2 Å². The van der Waals surface area contributed by atoms with Crippen molar-refractivity contribution in [2.24, 2.45) is 4.99 Å². The van der Waals surface area contributed by atoms with E-state index in [9.17, 15) is 4.79 Å². The Bertz CT molecular complexity index is 864. The second kappa shape index (κ2) is 9.47. The molecule has 28 heavy (non-hydrogen) atoms. The lowest BCUT2D eigenvalue weighted by Gasteiger charge is -2.37. The Morgan fingerprint density at radius 1 is 1.11 bits per heavy atom. The molecule has 0 bridgehead atoms. The van der Waals surface area contributed by atoms with Gasteiger partial charge in [-0.25, -0.2) is 0 Å². The molecule has 6 nitrogen and oxygen atoms in total. The Morgan fingerprint density at radius 2 is 1.86 bits per heavy atom. The minimum Gasteiger partial charge on any atom is -0.368 e. The van der Waals surface area contributed by atoms with E-state index in [4.69, 9.17) is 6.42 Å². The molecule has 1 aliphatic rings. The summed E-state index contributed by atoms with van der Waals surface area (Å²) in [7, 11) is 1.74. The van der Waals surface area contributed by atoms with Gasteiger partial charge in [0.25, 0.3) is 0 Å². The number of anilines is 2. The van der Waals surface area contributed by atoms with Crippen molar-refractivity contribution in [1.29, 1.82) is 0 Å². The van der Waals surface area contributed by atoms with Crippen molar-refractivity contribution in [2.45, 2.75) is 0 Å². The maximum atomic E-state index is 12.2. The number of nitrogens with zero attached hydrogens (tertiary/aromatic N) is 3. The molecule has 3 rings (SSSR count). The van der Waals surface area contributed by atoms with Crippen LogP contribution in [0.5, 0.6) is 0 Å². The van der Waals surface area contributed by atoms with Crippen LogP contribution in [0.1, 0.15) is 5.56 Å². The molecule has 0 radical (unpaired) electrons. The summed E-state index contributed by atoms with van der Waals surface area (Å²) in [6.45, 7) is 3.66. The molecule has 0 atom stereocenters. The molecule has 0 aromatic heterocycles. The van der Waals surface area contributed by atoms with Gasteiger partial charge in [-0.3, -0.25) is 9.79 Å². The van der Waals surface area contributed by atoms with Crippen LogP contribution < -0.4 is 15.5 Å². The van der Waals surface area contributed by atoms with E-state index in [0.717, 1.165) is 37.7 Å². The van der Waals surface area contributed by atoms with Gasteiger partial charge < -0.3 is 20.4 Å². The van der Waals surface area contributed by atoms with E-state index in [-0.39, 0.29) is 12.5 Å². The third-order valence-electron chi connectivity index (χ3n) is 4.63. The van der Waals surface area contributed by atoms with Gasteiger partial charge in [0.05, 0.1) is 6.54 Å². The average Bonchev–Trinajstić information content (AvgIpc) is 2.75. The summed E-state index contributed by atoms with van der Waals surface area (Å²) in [5.74, 6) is 3.16. The largest absolute Gasteiger partial charge is 0.368 e. The number of para-hydroxylation sites is 1. The zero-order valence-electron chi connectivity index (χ0n) is 16.1. The minimum atomic E-state index is -0.141. The highest BCUT2D eigenvalue weighted by atomic mass is 16.1. The highest BCUT2D eigenvalue weighted by molar-refractivity contribution is 5.95. The van der Waals surface area contributed by atoms with Crippen LogP contribution in [0.15, 0.2) is 59.6 Å². The fraction of sp³-hybridized carbons (Fsp3) is 0.273. The SMILES string of the molecule is C#Cc1cccc(NC(=O)CNC(=NC)N2CCN(c3ccccc3)CC2)c1. The fourth-order valence-electron chi connectivity index (χ4n) is 3.20. The maximum absolute atomic E-state index is 12.2. The molecule has 0 spiro atoms. The Hall–Kier alpha value is -3.46. The Labute approximate surface area is 166 Å². The zero-order valence-corrected chi connectivity index (χ0v) is 16.1. The van der Waals surface area contributed by atoms with E-state index >= 15 is 0 Å². The predicted octanol–water partition coefficient (Wildman–Crippen LogP) is 2.00. The van der Waals surface area contributed by atoms with Crippen LogP contribution in [-0.4, -0.2) is 56.5 Å². The van der Waals surface area contributed by atoms with Crippen molar-refractivity contribution >= 4 is 23.2 Å². The van der Waals surface area contributed by atoms with Crippen LogP contribution in [0.25, 0.3) is 0 Å². The first-order valence-corrected chi connectivity index (χ1v) is 9.31. The maximum Gasteiger partial charge on any atom is 0.243 e. The molecule has 1 aliphatic heterocycles. The Morgan fingerprint density at radius 3 is 2.54 bits per heavy atom. The summed E-state index contributed by atoms with van der Waals surface area (Å²) in [6, 6.07) is 17.6. The number of aliphatic imine (C=N–C) groups is 1. The normalized spacial score (nSPS) is 14.4. The van der Waals surface area contributed by atoms with Crippen LogP contribution in [0.4, 0.5) is 11.4 Å². The van der Waals surface area contributed by atoms with Crippen molar-refractivity contribution < 1.29 is 4.79 Å². The molecule has 6 heteroatoms. The number of rotatable bonds is 4. The Balaban J connectivity index is 1.48. The number of benzene rings is 2. The van der Waals surface area contributed by atoms with Gasteiger partial charge in [0.2, 0.25) is 5.91 Å². The van der Waals surface area contributed by atoms with Crippen molar-refractivity contribution in [2.75, 3.05) is 50.0 Å². The van der Waals surface area contributed by atoms with E-state index in [2.05, 4.69) is 55.6 Å². The summed E-state index contributed by atoms with van der Waals surface area (Å²) in [4.78, 5) is 21.1. The lowest BCUT2D eigenvalue weighted by molar-refractivity contribution is -0.115. The summed E-state index contributed by atoms with van der Waals surface area (Å²) in [5, 5.41) is 6.00. The standard InChI is InChI=1S/C22H25N5O/c1-3-18-8-7-9-19(16-18)25-21(28)17-24-22(23-2)27-14-12-26(13-15-27)20-10-5-4-6-11-20/h1,4-11,16H,12-15,17H2,2H3,(H,23,24)(H,25,28). The number of carbonyl (C=O) groups is 1. The van der Waals surface area contributed by atoms with Crippen molar-refractivity contribution in [3.8, 4) is 12.3 Å². The number of guanidine groups is 1. The molecular formula is C22H25N5O. The first-order chi connectivity index (χ1) is 13.7. The lowest BCUT2D eigenvalue weighted by Crippen LogP contribution is -2.53. The molecule has 2 aromatic carbocycles. The van der Waals surface area contributed by atoms with E-state index in [1.54, 1.807) is 13.1 Å². The summed E-state index contributed by atoms with van der Waals surface area (Å²) in [6.07, 6.45) is 5.40. The highest BCUT2D eigenvalue weighted by Crippen LogP contribution is 2.15. The second-order valence-corrected chi connectivity index (χ2v) is 6.48. The van der Waals surface area contributed by atoms with Crippen molar-refractivity contribution in [3.63, 3.8) is 0 Å². The van der Waals surface area contributed by atoms with Crippen LogP contribution in [0.3, 0.4) is 0 Å². The highest BCUT2D eigenvalue weighted by Gasteiger charge is 2.20. The van der Waals surface area contributed by atoms with Gasteiger partial charge in [0.15, 0.2) is 5.96 Å². The van der Waals surface area contributed by atoms with Gasteiger partial charge in [-0.15, -0.1) is 6.42 Å². The molecule has 144 valence electrons. The molecule has 0 aliphatic carbocycles. The van der Waals surface area contributed by atoms with Crippen LogP contribution in [0.2, 0.25) is 0 Å². The number of piperazine rings is 1. The topological polar surface area (TPSA) is 60.0 Å². The quantitative estimate of drug-likeness (QED) is 0.488. The molecule has 1 heterocycles. The van der Waals surface area contributed by atoms with E-state index in [0.29, 0.717) is 5.69 Å². The average molecular weight is 375 g/mol. The zero-order chi connectivity index (χ0) is 19.8. The molecule has 2 aromatic rings. The summed E-state index contributed by atoms with van der Waals surface area (Å²) < 4.78 is 0. The van der Waals surface area contributed by atoms with E-state index in [1.165, 1.54) is 5.69 Å². The minimum absolute atomic E-state index is 0.141. The van der Waals surface area contributed by atoms with Crippen molar-refractivity contribution in [3.05, 3.63) is 60.2 Å². The summed E-state index contributed by atoms with van der Waals surface area (Å²) >= 11 is 0. The second-order valence-electron chi connectivity index (χ2n) is 6.48. The van der Waals surface area contributed by atoms with Gasteiger partial charge in [-0.05, 0) is 30.3 Å². The van der Waals surface area contributed by atoms with E-state index in [1.807, 2.05) is 24.3 Å². The molecule has 0 saturated carbocycles. The van der Waals surface area contributed by atoms with Crippen LogP contribution >= 0.6 is 0 Å². The smallest absolute Gasteiger partial charge is 0.243 e. The molecule has 1 saturated heterocycles. The molecule has 2 N–H and O–H groups in total. The van der Waals surface area contributed by atoms with Crippen molar-refractivity contribution in [1.82, 2.24) is 10.2 Å². The lowest BCUT2D eigenvalue weighted by atomic mass is 10.2.